The van der Waals surface area contributed by atoms with Crippen molar-refractivity contribution < 1.29 is 24.7 Å². The van der Waals surface area contributed by atoms with Crippen molar-refractivity contribution in [2.45, 2.75) is 11.4 Å². The predicted molar refractivity (Wildman–Crippen MR) is 114 cm³/mol. The number of carbonyl (C=O) groups excluding carboxylic acids is 2. The minimum absolute atomic E-state index is 0.0389. The Kier molecular flexibility index (Phi) is 5.63. The second-order valence-electron chi connectivity index (χ2n) is 6.76. The topological polar surface area (TPSA) is 184 Å². The van der Waals surface area contributed by atoms with Crippen LogP contribution in [0.15, 0.2) is 22.0 Å². The van der Waals surface area contributed by atoms with Crippen molar-refractivity contribution >= 4 is 69.3 Å². The molecule has 5 N–H and O–H groups in total. The molecule has 2 aromatic heterocycles. The first-order chi connectivity index (χ1) is 14.8. The van der Waals surface area contributed by atoms with Gasteiger partial charge < -0.3 is 26.3 Å². The van der Waals surface area contributed by atoms with Crippen molar-refractivity contribution in [1.82, 2.24) is 24.8 Å². The van der Waals surface area contributed by atoms with E-state index in [-0.39, 0.29) is 28.8 Å². The van der Waals surface area contributed by atoms with Gasteiger partial charge in [0, 0.05) is 23.1 Å². The van der Waals surface area contributed by atoms with E-state index < -0.39 is 34.6 Å². The number of rotatable bonds is 6. The van der Waals surface area contributed by atoms with Gasteiger partial charge in [0.05, 0.1) is 5.69 Å². The number of hydrogen-bond acceptors (Lipinski definition) is 12. The smallest absolute Gasteiger partial charge is 0.316 e. The van der Waals surface area contributed by atoms with Crippen molar-refractivity contribution in [2.75, 3.05) is 18.0 Å². The highest BCUT2D eigenvalue weighted by Crippen LogP contribution is 2.43. The summed E-state index contributed by atoms with van der Waals surface area (Å²) in [7, 11) is 0. The van der Waals surface area contributed by atoms with Crippen molar-refractivity contribution in [3.63, 3.8) is 0 Å². The van der Waals surface area contributed by atoms with Crippen molar-refractivity contribution in [3.8, 4) is 0 Å². The molecule has 12 nitrogen and oxygen atoms in total. The number of amides is 2. The number of nitrogen functional groups attached to an aromatic ring is 1. The number of carbonyl (C=O) groups is 3. The van der Waals surface area contributed by atoms with Gasteiger partial charge in [-0.25, -0.2) is 4.98 Å². The van der Waals surface area contributed by atoms with E-state index in [0.29, 0.717) is 5.69 Å². The zero-order valence-electron chi connectivity index (χ0n) is 15.5. The van der Waals surface area contributed by atoms with Crippen molar-refractivity contribution in [2.24, 2.45) is 10.6 Å². The standard InChI is InChI=1S/C16H15N7O5S3/c17-15-18-8(4-29-15)9(21-28)11(24)19-10-12(25)23-5-16(14(26)27,6-30-13(10)23)2-1-7-3-31-22-20-7/h1-4,10,13,28H,5-6H2,(H2,17,18)(H,19,24)(H,26,27)/t10?,13-,16?/m1/s1. The van der Waals surface area contributed by atoms with Crippen LogP contribution < -0.4 is 11.1 Å². The molecular formula is C16H15N7O5S3. The largest absolute Gasteiger partial charge is 0.481 e. The van der Waals surface area contributed by atoms with Crippen LogP contribution >= 0.6 is 34.6 Å². The summed E-state index contributed by atoms with van der Waals surface area (Å²) in [6.07, 6.45) is 3.10. The third-order valence-corrected chi connectivity index (χ3v) is 7.59. The fraction of sp³-hybridized carbons (Fsp3) is 0.312. The fourth-order valence-electron chi connectivity index (χ4n) is 3.20. The van der Waals surface area contributed by atoms with Gasteiger partial charge in [0.2, 0.25) is 5.91 Å². The van der Waals surface area contributed by atoms with Crippen LogP contribution in [0, 0.1) is 5.41 Å². The second kappa shape index (κ2) is 8.24. The summed E-state index contributed by atoms with van der Waals surface area (Å²) in [6, 6.07) is -0.872. The normalized spacial score (nSPS) is 25.9. The number of carboxylic acid groups (broad SMARTS) is 1. The van der Waals surface area contributed by atoms with Gasteiger partial charge in [-0.3, -0.25) is 14.4 Å². The quantitative estimate of drug-likeness (QED) is 0.189. The Morgan fingerprint density at radius 3 is 2.84 bits per heavy atom. The molecule has 162 valence electrons. The lowest BCUT2D eigenvalue weighted by Crippen LogP contribution is -2.73. The predicted octanol–water partition coefficient (Wildman–Crippen LogP) is -0.0606. The van der Waals surface area contributed by atoms with Gasteiger partial charge >= 0.3 is 5.97 Å². The molecule has 4 rings (SSSR count). The molecular weight excluding hydrogens is 466 g/mol. The summed E-state index contributed by atoms with van der Waals surface area (Å²) in [6.45, 7) is -0.0389. The van der Waals surface area contributed by atoms with Crippen LogP contribution in [-0.2, 0) is 14.4 Å². The molecule has 2 amide bonds. The summed E-state index contributed by atoms with van der Waals surface area (Å²) >= 11 is 3.47. The molecule has 0 bridgehead atoms. The zero-order valence-corrected chi connectivity index (χ0v) is 18.0. The van der Waals surface area contributed by atoms with Crippen LogP contribution in [0.4, 0.5) is 5.13 Å². The summed E-state index contributed by atoms with van der Waals surface area (Å²) in [4.78, 5) is 42.5. The van der Waals surface area contributed by atoms with Gasteiger partial charge in [-0.05, 0) is 17.6 Å². The molecule has 0 aliphatic carbocycles. The Bertz CT molecular complexity index is 1090. The molecule has 0 radical (unpaired) electrons. The van der Waals surface area contributed by atoms with Crippen LogP contribution in [0.25, 0.3) is 6.08 Å². The summed E-state index contributed by atoms with van der Waals surface area (Å²) in [5, 5.41) is 31.3. The minimum Gasteiger partial charge on any atom is -0.481 e. The number of oxime groups is 1. The van der Waals surface area contributed by atoms with E-state index in [4.69, 9.17) is 5.73 Å². The highest BCUT2D eigenvalue weighted by molar-refractivity contribution is 8.00. The van der Waals surface area contributed by atoms with E-state index in [1.165, 1.54) is 28.1 Å². The lowest BCUT2D eigenvalue weighted by Gasteiger charge is -2.53. The van der Waals surface area contributed by atoms with Gasteiger partial charge in [-0.15, -0.1) is 28.2 Å². The lowest BCUT2D eigenvalue weighted by atomic mass is 9.86. The molecule has 31 heavy (non-hydrogen) atoms. The second-order valence-corrected chi connectivity index (χ2v) is 9.37. The monoisotopic (exact) mass is 481 g/mol. The average molecular weight is 482 g/mol. The van der Waals surface area contributed by atoms with Crippen molar-refractivity contribution in [1.29, 1.82) is 0 Å². The first-order valence-corrected chi connectivity index (χ1v) is 11.5. The number of nitrogens with zero attached hydrogens (tertiary/aromatic N) is 5. The van der Waals surface area contributed by atoms with E-state index >= 15 is 0 Å². The molecule has 2 aliphatic heterocycles. The van der Waals surface area contributed by atoms with Crippen molar-refractivity contribution in [3.05, 3.63) is 28.2 Å². The maximum absolute atomic E-state index is 12.7. The third kappa shape index (κ3) is 3.86. The van der Waals surface area contributed by atoms with Crippen LogP contribution in [0.3, 0.4) is 0 Å². The summed E-state index contributed by atoms with van der Waals surface area (Å²) in [5.74, 6) is -2.07. The molecule has 2 unspecified atom stereocenters. The Labute approximate surface area is 187 Å². The third-order valence-electron chi connectivity index (χ3n) is 4.85. The molecule has 4 heterocycles. The zero-order chi connectivity index (χ0) is 22.2. The Morgan fingerprint density at radius 2 is 2.23 bits per heavy atom. The Morgan fingerprint density at radius 1 is 1.42 bits per heavy atom. The van der Waals surface area contributed by atoms with Gasteiger partial charge in [0.15, 0.2) is 10.8 Å². The Hall–Kier alpha value is -3.04. The maximum Gasteiger partial charge on any atom is 0.316 e. The molecule has 3 atom stereocenters. The molecule has 15 heteroatoms. The summed E-state index contributed by atoms with van der Waals surface area (Å²) < 4.78 is 3.73. The van der Waals surface area contributed by atoms with E-state index in [9.17, 15) is 24.7 Å². The molecule has 0 spiro atoms. The summed E-state index contributed by atoms with van der Waals surface area (Å²) in [5.41, 5.74) is 4.52. The molecule has 0 saturated carbocycles. The van der Waals surface area contributed by atoms with Gasteiger partial charge in [0.1, 0.15) is 22.5 Å². The highest BCUT2D eigenvalue weighted by atomic mass is 32.2. The Balaban J connectivity index is 1.45. The number of fused-ring (bicyclic) bond motifs is 1. The first-order valence-electron chi connectivity index (χ1n) is 8.71. The SMILES string of the molecule is Nc1nc(C(=NO)C(=O)NC2C(=O)N3CC(C=Cc4csnn4)(C(=O)O)CS[C@H]23)cs1. The molecule has 2 fully saturated rings. The van der Waals surface area contributed by atoms with Crippen LogP contribution in [0.2, 0.25) is 0 Å². The lowest BCUT2D eigenvalue weighted by molar-refractivity contribution is -0.155. The number of nitrogens with one attached hydrogen (secondary N) is 1. The van der Waals surface area contributed by atoms with E-state index in [1.54, 1.807) is 11.5 Å². The maximum atomic E-state index is 12.7. The number of thioether (sulfide) groups is 1. The average Bonchev–Trinajstić information content (AvgIpc) is 3.42. The number of hydrogen-bond donors (Lipinski definition) is 4. The number of aromatic nitrogens is 3. The van der Waals surface area contributed by atoms with Crippen LogP contribution in [0.1, 0.15) is 11.4 Å². The van der Waals surface area contributed by atoms with Gasteiger partial charge in [-0.1, -0.05) is 15.7 Å². The number of aliphatic carboxylic acids is 1. The number of nitrogens with two attached hydrogens (primary N) is 1. The highest BCUT2D eigenvalue weighted by Gasteiger charge is 2.56. The van der Waals surface area contributed by atoms with E-state index in [1.807, 2.05) is 0 Å². The minimum atomic E-state index is -1.29. The number of β-lactam (4-membered cyclic amide) rings is 1. The molecule has 2 saturated heterocycles. The van der Waals surface area contributed by atoms with Gasteiger partial charge in [0.25, 0.3) is 5.91 Å². The van der Waals surface area contributed by atoms with E-state index in [2.05, 4.69) is 25.0 Å². The number of thiazole rings is 1. The molecule has 2 aromatic rings. The fourth-order valence-corrected chi connectivity index (χ4v) is 5.69. The number of anilines is 1. The van der Waals surface area contributed by atoms with Gasteiger partial charge in [-0.2, -0.15) is 0 Å². The van der Waals surface area contributed by atoms with Crippen LogP contribution in [-0.4, -0.2) is 77.0 Å². The molecule has 2 aliphatic rings. The van der Waals surface area contributed by atoms with Crippen LogP contribution in [0.5, 0.6) is 0 Å². The molecule has 0 aromatic carbocycles. The first kappa shape index (κ1) is 21.2. The number of carboxylic acids is 1. The van der Waals surface area contributed by atoms with E-state index in [0.717, 1.165) is 22.9 Å².